The monoisotopic (exact) mass is 273 g/mol. The van der Waals surface area contributed by atoms with Crippen LogP contribution in [0.1, 0.15) is 27.6 Å². The van der Waals surface area contributed by atoms with E-state index in [0.717, 1.165) is 0 Å². The van der Waals surface area contributed by atoms with Gasteiger partial charge in [0.15, 0.2) is 11.6 Å². The molecule has 0 radical (unpaired) electrons. The fourth-order valence-corrected chi connectivity index (χ4v) is 1.39. The standard InChI is InChI=1S/C12H13F2NO4/c1-2-19-4-3-15-11(16)7-5-9(13)10(14)6-8(7)12(17)18/h5-6H,2-4H2,1H3,(H,15,16)(H,17,18). The van der Waals surface area contributed by atoms with Gasteiger partial charge in [-0.25, -0.2) is 13.6 Å². The van der Waals surface area contributed by atoms with Gasteiger partial charge in [-0.3, -0.25) is 4.79 Å². The quantitative estimate of drug-likeness (QED) is 0.769. The molecule has 0 saturated carbocycles. The molecule has 0 aliphatic rings. The highest BCUT2D eigenvalue weighted by Crippen LogP contribution is 2.15. The van der Waals surface area contributed by atoms with Gasteiger partial charge in [-0.2, -0.15) is 0 Å². The molecule has 0 saturated heterocycles. The van der Waals surface area contributed by atoms with Crippen LogP contribution in [0, 0.1) is 11.6 Å². The Balaban J connectivity index is 2.89. The van der Waals surface area contributed by atoms with Crippen molar-refractivity contribution in [2.45, 2.75) is 6.92 Å². The number of carbonyl (C=O) groups is 2. The van der Waals surface area contributed by atoms with E-state index in [1.54, 1.807) is 6.92 Å². The average molecular weight is 273 g/mol. The summed E-state index contributed by atoms with van der Waals surface area (Å²) in [5.41, 5.74) is -1.02. The molecule has 1 aromatic carbocycles. The van der Waals surface area contributed by atoms with Gasteiger partial charge in [0.05, 0.1) is 17.7 Å². The van der Waals surface area contributed by atoms with Gasteiger partial charge in [0.25, 0.3) is 5.91 Å². The lowest BCUT2D eigenvalue weighted by molar-refractivity contribution is 0.0689. The number of rotatable bonds is 6. The van der Waals surface area contributed by atoms with Crippen molar-refractivity contribution in [3.8, 4) is 0 Å². The number of nitrogens with one attached hydrogen (secondary N) is 1. The number of carbonyl (C=O) groups excluding carboxylic acids is 1. The molecule has 19 heavy (non-hydrogen) atoms. The van der Waals surface area contributed by atoms with Crippen LogP contribution in [0.4, 0.5) is 8.78 Å². The fraction of sp³-hybridized carbons (Fsp3) is 0.333. The summed E-state index contributed by atoms with van der Waals surface area (Å²) in [4.78, 5) is 22.5. The molecule has 1 amide bonds. The molecule has 1 rings (SSSR count). The summed E-state index contributed by atoms with van der Waals surface area (Å²) in [7, 11) is 0. The Morgan fingerprint density at radius 2 is 1.84 bits per heavy atom. The Hall–Kier alpha value is -2.02. The number of carboxylic acid groups (broad SMARTS) is 1. The Morgan fingerprint density at radius 3 is 2.37 bits per heavy atom. The topological polar surface area (TPSA) is 75.6 Å². The zero-order chi connectivity index (χ0) is 14.4. The van der Waals surface area contributed by atoms with E-state index in [2.05, 4.69) is 5.32 Å². The van der Waals surface area contributed by atoms with Crippen LogP contribution < -0.4 is 5.32 Å². The molecule has 0 spiro atoms. The van der Waals surface area contributed by atoms with Crippen molar-refractivity contribution in [3.05, 3.63) is 34.9 Å². The summed E-state index contributed by atoms with van der Waals surface area (Å²) in [6, 6.07) is 1.05. The molecule has 0 aliphatic carbocycles. The van der Waals surface area contributed by atoms with E-state index in [1.165, 1.54) is 0 Å². The first-order chi connectivity index (χ1) is 8.97. The molecule has 0 atom stereocenters. The van der Waals surface area contributed by atoms with E-state index in [-0.39, 0.29) is 13.2 Å². The smallest absolute Gasteiger partial charge is 0.336 e. The Labute approximate surface area is 108 Å². The lowest BCUT2D eigenvalue weighted by Gasteiger charge is -2.08. The second kappa shape index (κ2) is 6.79. The zero-order valence-electron chi connectivity index (χ0n) is 10.2. The van der Waals surface area contributed by atoms with E-state index in [0.29, 0.717) is 18.7 Å². The molecular formula is C12H13F2NO4. The van der Waals surface area contributed by atoms with E-state index < -0.39 is 34.6 Å². The summed E-state index contributed by atoms with van der Waals surface area (Å²) in [6.45, 7) is 2.64. The lowest BCUT2D eigenvalue weighted by Crippen LogP contribution is -2.29. The predicted octanol–water partition coefficient (Wildman–Crippen LogP) is 1.43. The van der Waals surface area contributed by atoms with E-state index in [1.807, 2.05) is 0 Å². The van der Waals surface area contributed by atoms with Crippen molar-refractivity contribution >= 4 is 11.9 Å². The molecule has 5 nitrogen and oxygen atoms in total. The molecular weight excluding hydrogens is 260 g/mol. The van der Waals surface area contributed by atoms with Gasteiger partial charge < -0.3 is 15.2 Å². The van der Waals surface area contributed by atoms with Crippen LogP contribution in [0.25, 0.3) is 0 Å². The summed E-state index contributed by atoms with van der Waals surface area (Å²) >= 11 is 0. The van der Waals surface area contributed by atoms with Gasteiger partial charge >= 0.3 is 5.97 Å². The molecule has 1 aromatic rings. The minimum absolute atomic E-state index is 0.144. The number of ether oxygens (including phenoxy) is 1. The first kappa shape index (κ1) is 15.0. The zero-order valence-corrected chi connectivity index (χ0v) is 10.2. The van der Waals surface area contributed by atoms with Crippen LogP contribution in [0.2, 0.25) is 0 Å². The maximum Gasteiger partial charge on any atom is 0.336 e. The number of aromatic carboxylic acids is 1. The highest BCUT2D eigenvalue weighted by atomic mass is 19.2. The molecule has 0 bridgehead atoms. The van der Waals surface area contributed by atoms with Gasteiger partial charge in [0.1, 0.15) is 0 Å². The van der Waals surface area contributed by atoms with E-state index in [4.69, 9.17) is 9.84 Å². The van der Waals surface area contributed by atoms with Crippen LogP contribution in [-0.4, -0.2) is 36.7 Å². The van der Waals surface area contributed by atoms with E-state index >= 15 is 0 Å². The van der Waals surface area contributed by atoms with Gasteiger partial charge in [0.2, 0.25) is 0 Å². The third-order valence-corrected chi connectivity index (χ3v) is 2.27. The van der Waals surface area contributed by atoms with Gasteiger partial charge in [0, 0.05) is 13.2 Å². The van der Waals surface area contributed by atoms with Crippen LogP contribution in [0.5, 0.6) is 0 Å². The SMILES string of the molecule is CCOCCNC(=O)c1cc(F)c(F)cc1C(=O)O. The van der Waals surface area contributed by atoms with Crippen molar-refractivity contribution < 1.29 is 28.2 Å². The Bertz CT molecular complexity index is 491. The van der Waals surface area contributed by atoms with Crippen LogP contribution in [-0.2, 0) is 4.74 Å². The van der Waals surface area contributed by atoms with Gasteiger partial charge in [-0.05, 0) is 19.1 Å². The second-order valence-electron chi connectivity index (χ2n) is 3.57. The van der Waals surface area contributed by atoms with Crippen LogP contribution in [0.15, 0.2) is 12.1 Å². The number of halogens is 2. The highest BCUT2D eigenvalue weighted by Gasteiger charge is 2.20. The van der Waals surface area contributed by atoms with Gasteiger partial charge in [-0.15, -0.1) is 0 Å². The number of amides is 1. The number of hydrogen-bond acceptors (Lipinski definition) is 3. The Morgan fingerprint density at radius 1 is 1.26 bits per heavy atom. The maximum atomic E-state index is 13.1. The van der Waals surface area contributed by atoms with Crippen molar-refractivity contribution in [2.75, 3.05) is 19.8 Å². The van der Waals surface area contributed by atoms with Crippen LogP contribution >= 0.6 is 0 Å². The van der Waals surface area contributed by atoms with Crippen LogP contribution in [0.3, 0.4) is 0 Å². The molecule has 0 heterocycles. The molecule has 0 unspecified atom stereocenters. The summed E-state index contributed by atoms with van der Waals surface area (Å²) < 4.78 is 31.0. The molecule has 7 heteroatoms. The average Bonchev–Trinajstić information content (AvgIpc) is 2.36. The molecule has 0 aliphatic heterocycles. The van der Waals surface area contributed by atoms with Crippen molar-refractivity contribution in [2.24, 2.45) is 0 Å². The maximum absolute atomic E-state index is 13.1. The van der Waals surface area contributed by atoms with Crippen molar-refractivity contribution in [1.29, 1.82) is 0 Å². The lowest BCUT2D eigenvalue weighted by atomic mass is 10.1. The predicted molar refractivity (Wildman–Crippen MR) is 62.1 cm³/mol. The largest absolute Gasteiger partial charge is 0.478 e. The second-order valence-corrected chi connectivity index (χ2v) is 3.57. The summed E-state index contributed by atoms with van der Waals surface area (Å²) in [5.74, 6) is -4.90. The normalized spacial score (nSPS) is 10.3. The third kappa shape index (κ3) is 3.99. The number of hydrogen-bond donors (Lipinski definition) is 2. The molecule has 104 valence electrons. The highest BCUT2D eigenvalue weighted by molar-refractivity contribution is 6.04. The Kier molecular flexibility index (Phi) is 5.37. The molecule has 0 aromatic heterocycles. The van der Waals surface area contributed by atoms with Gasteiger partial charge in [-0.1, -0.05) is 0 Å². The van der Waals surface area contributed by atoms with Crippen molar-refractivity contribution in [1.82, 2.24) is 5.32 Å². The fourth-order valence-electron chi connectivity index (χ4n) is 1.39. The van der Waals surface area contributed by atoms with Crippen molar-refractivity contribution in [3.63, 3.8) is 0 Å². The molecule has 0 fully saturated rings. The number of carboxylic acids is 1. The first-order valence-corrected chi connectivity index (χ1v) is 5.55. The third-order valence-electron chi connectivity index (χ3n) is 2.27. The summed E-state index contributed by atoms with van der Waals surface area (Å²) in [6.07, 6.45) is 0. The molecule has 2 N–H and O–H groups in total. The first-order valence-electron chi connectivity index (χ1n) is 5.55. The minimum atomic E-state index is -1.51. The minimum Gasteiger partial charge on any atom is -0.478 e. The summed E-state index contributed by atoms with van der Waals surface area (Å²) in [5, 5.41) is 11.2. The van der Waals surface area contributed by atoms with E-state index in [9.17, 15) is 18.4 Å². The number of benzene rings is 1.